The average Bonchev–Trinajstić information content (AvgIpc) is 3.31. The van der Waals surface area contributed by atoms with E-state index in [1.165, 1.54) is 0 Å². The van der Waals surface area contributed by atoms with Gasteiger partial charge in [-0.05, 0) is 25.1 Å². The Kier molecular flexibility index (Phi) is 3.51. The maximum absolute atomic E-state index is 13.3. The van der Waals surface area contributed by atoms with Gasteiger partial charge in [0.05, 0.1) is 11.1 Å². The normalized spacial score (nSPS) is 15.8. The Balaban J connectivity index is 1.71. The van der Waals surface area contributed by atoms with Gasteiger partial charge in [-0.3, -0.25) is 4.79 Å². The number of rotatable bonds is 3. The Bertz CT molecular complexity index is 1170. The van der Waals surface area contributed by atoms with E-state index in [0.29, 0.717) is 34.9 Å². The van der Waals surface area contributed by atoms with Crippen LogP contribution in [0.15, 0.2) is 47.2 Å². The fourth-order valence-corrected chi connectivity index (χ4v) is 3.31. The summed E-state index contributed by atoms with van der Waals surface area (Å²) in [6.07, 6.45) is 3.23. The summed E-state index contributed by atoms with van der Waals surface area (Å²) >= 11 is 0. The topological polar surface area (TPSA) is 107 Å². The van der Waals surface area contributed by atoms with E-state index in [-0.39, 0.29) is 17.5 Å². The molecule has 8 nitrogen and oxygen atoms in total. The van der Waals surface area contributed by atoms with Gasteiger partial charge in [-0.15, -0.1) is 0 Å². The van der Waals surface area contributed by atoms with Crippen LogP contribution in [-0.4, -0.2) is 30.9 Å². The fraction of sp³-hybridized carbons (Fsp3) is 0.158. The molecule has 0 saturated heterocycles. The Morgan fingerprint density at radius 3 is 2.74 bits per heavy atom. The summed E-state index contributed by atoms with van der Waals surface area (Å²) in [4.78, 5) is 30.8. The molecule has 27 heavy (non-hydrogen) atoms. The van der Waals surface area contributed by atoms with Crippen LogP contribution in [0.25, 0.3) is 22.6 Å². The first-order valence-electron chi connectivity index (χ1n) is 8.53. The third-order valence-electron chi connectivity index (χ3n) is 4.61. The summed E-state index contributed by atoms with van der Waals surface area (Å²) in [5.74, 6) is 0.395. The summed E-state index contributed by atoms with van der Waals surface area (Å²) in [6, 6.07) is 8.94. The monoisotopic (exact) mass is 358 g/mol. The number of para-hydroxylation sites is 1. The number of hydrogen-bond donors (Lipinski definition) is 1. The second-order valence-electron chi connectivity index (χ2n) is 6.29. The quantitative estimate of drug-likeness (QED) is 0.557. The van der Waals surface area contributed by atoms with E-state index in [9.17, 15) is 4.79 Å². The van der Waals surface area contributed by atoms with Gasteiger partial charge in [-0.1, -0.05) is 17.3 Å². The molecule has 8 heteroatoms. The van der Waals surface area contributed by atoms with Crippen LogP contribution < -0.4 is 5.32 Å². The molecule has 1 aliphatic heterocycles. The minimum Gasteiger partial charge on any atom is -0.356 e. The van der Waals surface area contributed by atoms with Crippen LogP contribution in [0.5, 0.6) is 0 Å². The minimum absolute atomic E-state index is 0.0390. The van der Waals surface area contributed by atoms with E-state index in [0.717, 1.165) is 11.3 Å². The zero-order chi connectivity index (χ0) is 18.4. The first kappa shape index (κ1) is 15.7. The zero-order valence-electron chi connectivity index (χ0n) is 14.4. The summed E-state index contributed by atoms with van der Waals surface area (Å²) in [6.45, 7) is 2.53. The molecular weight excluding hydrogens is 344 g/mol. The van der Waals surface area contributed by atoms with E-state index in [1.807, 2.05) is 25.1 Å². The molecule has 0 saturated carbocycles. The van der Waals surface area contributed by atoms with Crippen molar-refractivity contribution in [1.29, 1.82) is 0 Å². The van der Waals surface area contributed by atoms with Crippen LogP contribution in [0, 0.1) is 0 Å². The van der Waals surface area contributed by atoms with Crippen LogP contribution in [0.2, 0.25) is 0 Å². The lowest BCUT2D eigenvalue weighted by Crippen LogP contribution is -2.14. The molecule has 4 heterocycles. The minimum atomic E-state index is -0.300. The smallest absolute Gasteiger partial charge is 0.234 e. The molecule has 0 fully saturated rings. The third kappa shape index (κ3) is 2.49. The number of ketones is 1. The first-order chi connectivity index (χ1) is 13.2. The Morgan fingerprint density at radius 2 is 1.89 bits per heavy atom. The van der Waals surface area contributed by atoms with Gasteiger partial charge in [0, 0.05) is 30.5 Å². The van der Waals surface area contributed by atoms with Gasteiger partial charge >= 0.3 is 0 Å². The molecule has 0 bridgehead atoms. The summed E-state index contributed by atoms with van der Waals surface area (Å²) in [5, 5.41) is 7.95. The molecule has 1 aliphatic rings. The highest BCUT2D eigenvalue weighted by Gasteiger charge is 2.31. The van der Waals surface area contributed by atoms with E-state index < -0.39 is 0 Å². The Morgan fingerprint density at radius 1 is 1.07 bits per heavy atom. The number of hydrogen-bond acceptors (Lipinski definition) is 8. The molecule has 4 aromatic rings. The van der Waals surface area contributed by atoms with Gasteiger partial charge < -0.3 is 9.84 Å². The van der Waals surface area contributed by atoms with E-state index in [2.05, 4.69) is 30.4 Å². The van der Waals surface area contributed by atoms with Crippen molar-refractivity contribution in [2.75, 3.05) is 0 Å². The highest BCUT2D eigenvalue weighted by atomic mass is 16.5. The maximum atomic E-state index is 13.3. The second kappa shape index (κ2) is 6.03. The van der Waals surface area contributed by atoms with Crippen molar-refractivity contribution < 1.29 is 9.32 Å². The highest BCUT2D eigenvalue weighted by Crippen LogP contribution is 2.30. The van der Waals surface area contributed by atoms with Crippen molar-refractivity contribution in [2.45, 2.75) is 19.5 Å². The lowest BCUT2D eigenvalue weighted by Gasteiger charge is -2.10. The van der Waals surface area contributed by atoms with E-state index in [1.54, 1.807) is 24.5 Å². The van der Waals surface area contributed by atoms with Crippen LogP contribution in [0.4, 0.5) is 0 Å². The predicted octanol–water partition coefficient (Wildman–Crippen LogP) is 2.47. The highest BCUT2D eigenvalue weighted by molar-refractivity contribution is 6.14. The summed E-state index contributed by atoms with van der Waals surface area (Å²) < 4.78 is 5.30. The number of aromatic nitrogens is 5. The molecule has 1 aromatic carbocycles. The van der Waals surface area contributed by atoms with Gasteiger partial charge in [-0.2, -0.15) is 0 Å². The van der Waals surface area contributed by atoms with Crippen LogP contribution >= 0.6 is 0 Å². The van der Waals surface area contributed by atoms with Crippen molar-refractivity contribution in [3.63, 3.8) is 0 Å². The SMILES string of the molecule is CC1NCc2nc(-c3ncccn3)nc(C(=O)c3noc4ccccc34)c21. The summed E-state index contributed by atoms with van der Waals surface area (Å²) in [5.41, 5.74) is 2.66. The molecule has 5 rings (SSSR count). The molecule has 132 valence electrons. The number of nitrogens with one attached hydrogen (secondary N) is 1. The van der Waals surface area contributed by atoms with Gasteiger partial charge in [0.1, 0.15) is 5.69 Å². The van der Waals surface area contributed by atoms with Crippen molar-refractivity contribution in [2.24, 2.45) is 0 Å². The van der Waals surface area contributed by atoms with Crippen molar-refractivity contribution >= 4 is 16.8 Å². The summed E-state index contributed by atoms with van der Waals surface area (Å²) in [7, 11) is 0. The Labute approximate surface area is 153 Å². The largest absolute Gasteiger partial charge is 0.356 e. The van der Waals surface area contributed by atoms with Gasteiger partial charge in [0.2, 0.25) is 5.78 Å². The number of fused-ring (bicyclic) bond motifs is 2. The molecule has 1 N–H and O–H groups in total. The van der Waals surface area contributed by atoms with Gasteiger partial charge in [-0.25, -0.2) is 19.9 Å². The molecule has 0 radical (unpaired) electrons. The molecule has 0 amide bonds. The third-order valence-corrected chi connectivity index (χ3v) is 4.61. The predicted molar refractivity (Wildman–Crippen MR) is 95.8 cm³/mol. The standard InChI is InChI=1S/C19H14N6O2/c1-10-14-12(9-22-10)23-19(18-20-7-4-8-21-18)24-16(14)17(26)15-11-5-2-3-6-13(11)27-25-15/h2-8,10,22H,9H2,1H3. The molecule has 1 atom stereocenters. The van der Waals surface area contributed by atoms with Crippen LogP contribution in [-0.2, 0) is 6.54 Å². The lowest BCUT2D eigenvalue weighted by molar-refractivity contribution is 0.102. The van der Waals surface area contributed by atoms with E-state index >= 15 is 0 Å². The average molecular weight is 358 g/mol. The number of nitrogens with zero attached hydrogens (tertiary/aromatic N) is 5. The van der Waals surface area contributed by atoms with Crippen molar-refractivity contribution in [3.05, 3.63) is 65.4 Å². The first-order valence-corrected chi connectivity index (χ1v) is 8.53. The zero-order valence-corrected chi connectivity index (χ0v) is 14.4. The van der Waals surface area contributed by atoms with Crippen molar-refractivity contribution in [1.82, 2.24) is 30.4 Å². The number of carbonyl (C=O) groups is 1. The number of carbonyl (C=O) groups excluding carboxylic acids is 1. The Hall–Kier alpha value is -3.52. The second-order valence-corrected chi connectivity index (χ2v) is 6.29. The molecule has 0 spiro atoms. The van der Waals surface area contributed by atoms with Crippen LogP contribution in [0.3, 0.4) is 0 Å². The van der Waals surface area contributed by atoms with Crippen LogP contribution in [0.1, 0.15) is 40.4 Å². The molecule has 0 aliphatic carbocycles. The lowest BCUT2D eigenvalue weighted by atomic mass is 10.0. The number of benzene rings is 1. The fourth-order valence-electron chi connectivity index (χ4n) is 3.31. The maximum Gasteiger partial charge on any atom is 0.234 e. The van der Waals surface area contributed by atoms with Gasteiger partial charge in [0.15, 0.2) is 22.9 Å². The van der Waals surface area contributed by atoms with Gasteiger partial charge in [0.25, 0.3) is 0 Å². The van der Waals surface area contributed by atoms with E-state index in [4.69, 9.17) is 4.52 Å². The molecular formula is C19H14N6O2. The molecule has 3 aromatic heterocycles. The molecule has 1 unspecified atom stereocenters. The van der Waals surface area contributed by atoms with Crippen molar-refractivity contribution in [3.8, 4) is 11.6 Å².